The Bertz CT molecular complexity index is 1590. The number of para-hydroxylation sites is 1. The topological polar surface area (TPSA) is 294 Å². The van der Waals surface area contributed by atoms with Gasteiger partial charge in [0.25, 0.3) is 0 Å². The van der Waals surface area contributed by atoms with Gasteiger partial charge in [0.05, 0.1) is 6.04 Å². The highest BCUT2D eigenvalue weighted by Gasteiger charge is 2.31. The summed E-state index contributed by atoms with van der Waals surface area (Å²) in [6, 6.07) is 8.15. The van der Waals surface area contributed by atoms with E-state index >= 15 is 0 Å². The Hall–Kier alpha value is -5.64. The summed E-state index contributed by atoms with van der Waals surface area (Å²) in [5.74, 6) is -4.47. The number of phenols is 1. The Kier molecular flexibility index (Phi) is 13.1. The number of phenolic OH excluding ortho intramolecular Hbond substituents is 1. The number of benzene rings is 2. The van der Waals surface area contributed by atoms with Gasteiger partial charge >= 0.3 is 5.97 Å². The van der Waals surface area contributed by atoms with Crippen molar-refractivity contribution in [3.8, 4) is 5.75 Å². The molecule has 0 aliphatic carbocycles. The van der Waals surface area contributed by atoms with Crippen LogP contribution in [0.5, 0.6) is 5.75 Å². The second kappa shape index (κ2) is 17.2. The van der Waals surface area contributed by atoms with Crippen LogP contribution in [0.1, 0.15) is 36.8 Å². The van der Waals surface area contributed by atoms with E-state index in [4.69, 9.17) is 22.9 Å². The maximum Gasteiger partial charge on any atom is 0.326 e. The standard InChI is InChI=1S/C31H41N9O7/c32-21(5-3-13-36-31(34)35)27(43)38-23(11-12-26(33)42)28(44)39-24(14-17-7-9-19(41)10-8-17)29(45)40-25(30(46)47)15-18-16-37-22-6-2-1-4-20(18)22/h1-2,4,6-10,16,21,23-25,37,41H,3,5,11-15,32H2,(H2,33,42)(H,38,43)(H,39,44)(H,40,45)(H,46,47)(H4,34,35,36). The molecule has 47 heavy (non-hydrogen) atoms. The van der Waals surface area contributed by atoms with Gasteiger partial charge in [-0.2, -0.15) is 0 Å². The van der Waals surface area contributed by atoms with E-state index < -0.39 is 53.8 Å². The van der Waals surface area contributed by atoms with Gasteiger partial charge in [-0.1, -0.05) is 30.3 Å². The number of hydrogen-bond donors (Lipinski definition) is 10. The summed E-state index contributed by atoms with van der Waals surface area (Å²) in [7, 11) is 0. The van der Waals surface area contributed by atoms with Gasteiger partial charge in [-0.3, -0.25) is 24.2 Å². The molecule has 3 aromatic rings. The summed E-state index contributed by atoms with van der Waals surface area (Å²) in [5.41, 5.74) is 23.9. The highest BCUT2D eigenvalue weighted by molar-refractivity contribution is 5.95. The predicted octanol–water partition coefficient (Wildman–Crippen LogP) is -1.16. The van der Waals surface area contributed by atoms with Crippen LogP contribution < -0.4 is 38.9 Å². The molecule has 0 spiro atoms. The molecule has 16 nitrogen and oxygen atoms in total. The third kappa shape index (κ3) is 11.3. The molecular formula is C31H41N9O7. The number of nitrogens with one attached hydrogen (secondary N) is 4. The van der Waals surface area contributed by atoms with Gasteiger partial charge in [0.1, 0.15) is 23.9 Å². The molecule has 4 amide bonds. The molecule has 0 bridgehead atoms. The number of rotatable bonds is 18. The van der Waals surface area contributed by atoms with Crippen LogP contribution in [0, 0.1) is 0 Å². The molecule has 4 unspecified atom stereocenters. The quantitative estimate of drug-likeness (QED) is 0.0447. The fourth-order valence-electron chi connectivity index (χ4n) is 4.83. The lowest BCUT2D eigenvalue weighted by atomic mass is 10.0. The van der Waals surface area contributed by atoms with Gasteiger partial charge in [0, 0.05) is 42.9 Å². The summed E-state index contributed by atoms with van der Waals surface area (Å²) in [4.78, 5) is 70.7. The highest BCUT2D eigenvalue weighted by Crippen LogP contribution is 2.19. The predicted molar refractivity (Wildman–Crippen MR) is 174 cm³/mol. The summed E-state index contributed by atoms with van der Waals surface area (Å²) in [6.07, 6.45) is 1.62. The number of nitrogens with two attached hydrogens (primary N) is 4. The smallest absolute Gasteiger partial charge is 0.326 e. The highest BCUT2D eigenvalue weighted by atomic mass is 16.4. The van der Waals surface area contributed by atoms with E-state index in [1.54, 1.807) is 6.20 Å². The number of aromatic amines is 1. The normalized spacial score (nSPS) is 13.5. The molecule has 16 heteroatoms. The fraction of sp³-hybridized carbons (Fsp3) is 0.355. The lowest BCUT2D eigenvalue weighted by Gasteiger charge is -2.25. The van der Waals surface area contributed by atoms with Gasteiger partial charge in [-0.15, -0.1) is 0 Å². The average molecular weight is 652 g/mol. The molecule has 0 fully saturated rings. The third-order valence-electron chi connectivity index (χ3n) is 7.34. The van der Waals surface area contributed by atoms with E-state index in [0.29, 0.717) is 17.5 Å². The van der Waals surface area contributed by atoms with Crippen LogP contribution in [0.2, 0.25) is 0 Å². The van der Waals surface area contributed by atoms with Gasteiger partial charge in [0.2, 0.25) is 23.6 Å². The Morgan fingerprint density at radius 2 is 1.45 bits per heavy atom. The number of carbonyl (C=O) groups excluding carboxylic acids is 4. The number of fused-ring (bicyclic) bond motifs is 1. The summed E-state index contributed by atoms with van der Waals surface area (Å²) in [5, 5.41) is 28.1. The van der Waals surface area contributed by atoms with E-state index in [0.717, 1.165) is 10.9 Å². The number of carboxylic acids is 1. The fourth-order valence-corrected chi connectivity index (χ4v) is 4.83. The summed E-state index contributed by atoms with van der Waals surface area (Å²) >= 11 is 0. The molecule has 1 aromatic heterocycles. The first kappa shape index (κ1) is 35.8. The zero-order chi connectivity index (χ0) is 34.5. The Morgan fingerprint density at radius 1 is 0.809 bits per heavy atom. The molecule has 2 aromatic carbocycles. The number of guanidine groups is 1. The van der Waals surface area contributed by atoms with Gasteiger partial charge in [-0.05, 0) is 48.6 Å². The zero-order valence-electron chi connectivity index (χ0n) is 25.6. The zero-order valence-corrected chi connectivity index (χ0v) is 25.6. The molecule has 14 N–H and O–H groups in total. The van der Waals surface area contributed by atoms with Crippen molar-refractivity contribution >= 4 is 46.5 Å². The second-order valence-corrected chi connectivity index (χ2v) is 11.0. The van der Waals surface area contributed by atoms with Crippen molar-refractivity contribution in [3.05, 3.63) is 65.9 Å². The van der Waals surface area contributed by atoms with Gasteiger partial charge < -0.3 is 54.1 Å². The number of aromatic nitrogens is 1. The van der Waals surface area contributed by atoms with Crippen molar-refractivity contribution in [2.45, 2.75) is 62.7 Å². The number of amides is 4. The first-order valence-corrected chi connectivity index (χ1v) is 14.9. The van der Waals surface area contributed by atoms with Crippen molar-refractivity contribution in [1.29, 1.82) is 0 Å². The second-order valence-electron chi connectivity index (χ2n) is 11.0. The number of carbonyl (C=O) groups is 5. The number of H-pyrrole nitrogens is 1. The van der Waals surface area contributed by atoms with Crippen molar-refractivity contribution < 1.29 is 34.2 Å². The van der Waals surface area contributed by atoms with Crippen LogP contribution in [-0.4, -0.2) is 81.5 Å². The van der Waals surface area contributed by atoms with Crippen LogP contribution >= 0.6 is 0 Å². The molecule has 1 heterocycles. The van der Waals surface area contributed by atoms with Crippen molar-refractivity contribution in [2.24, 2.45) is 27.9 Å². The Labute approximate surface area is 270 Å². The van der Waals surface area contributed by atoms with Crippen molar-refractivity contribution in [1.82, 2.24) is 20.9 Å². The number of primary amides is 1. The minimum atomic E-state index is -1.36. The average Bonchev–Trinajstić information content (AvgIpc) is 3.43. The van der Waals surface area contributed by atoms with E-state index in [9.17, 15) is 34.2 Å². The molecule has 0 saturated heterocycles. The maximum absolute atomic E-state index is 13.6. The Balaban J connectivity index is 1.79. The number of carboxylic acid groups (broad SMARTS) is 1. The monoisotopic (exact) mass is 651 g/mol. The molecule has 252 valence electrons. The van der Waals surface area contributed by atoms with Crippen LogP contribution in [-0.2, 0) is 36.8 Å². The molecule has 0 radical (unpaired) electrons. The maximum atomic E-state index is 13.6. The molecule has 4 atom stereocenters. The number of aliphatic carboxylic acids is 1. The third-order valence-corrected chi connectivity index (χ3v) is 7.34. The Morgan fingerprint density at radius 3 is 2.11 bits per heavy atom. The first-order valence-electron chi connectivity index (χ1n) is 14.9. The van der Waals surface area contributed by atoms with Crippen LogP contribution in [0.4, 0.5) is 0 Å². The number of hydrogen-bond acceptors (Lipinski definition) is 8. The number of aromatic hydroxyl groups is 1. The lowest BCUT2D eigenvalue weighted by molar-refractivity contribution is -0.142. The van der Waals surface area contributed by atoms with E-state index in [1.165, 1.54) is 24.3 Å². The molecule has 3 rings (SSSR count). The largest absolute Gasteiger partial charge is 0.508 e. The molecule has 0 saturated carbocycles. The van der Waals surface area contributed by atoms with Crippen LogP contribution in [0.3, 0.4) is 0 Å². The van der Waals surface area contributed by atoms with Crippen LogP contribution in [0.15, 0.2) is 59.7 Å². The molecule has 0 aliphatic rings. The summed E-state index contributed by atoms with van der Waals surface area (Å²) in [6.45, 7) is 0.237. The molecular weight excluding hydrogens is 610 g/mol. The van der Waals surface area contributed by atoms with Gasteiger partial charge in [-0.25, -0.2) is 4.79 Å². The number of nitrogens with zero attached hydrogens (tertiary/aromatic N) is 1. The van der Waals surface area contributed by atoms with E-state index in [1.807, 2.05) is 24.3 Å². The SMILES string of the molecule is NC(=O)CCC(NC(=O)C(N)CCCN=C(N)N)C(=O)NC(Cc1ccc(O)cc1)C(=O)NC(Cc1c[nH]c2ccccc12)C(=O)O. The minimum absolute atomic E-state index is 0.0210. The van der Waals surface area contributed by atoms with Crippen molar-refractivity contribution in [3.63, 3.8) is 0 Å². The van der Waals surface area contributed by atoms with E-state index in [2.05, 4.69) is 25.9 Å². The number of aliphatic imine (C=N–C) groups is 1. The van der Waals surface area contributed by atoms with E-state index in [-0.39, 0.29) is 50.4 Å². The van der Waals surface area contributed by atoms with Gasteiger partial charge in [0.15, 0.2) is 5.96 Å². The molecule has 0 aliphatic heterocycles. The van der Waals surface area contributed by atoms with Crippen molar-refractivity contribution in [2.75, 3.05) is 6.54 Å². The van der Waals surface area contributed by atoms with Crippen LogP contribution in [0.25, 0.3) is 10.9 Å². The minimum Gasteiger partial charge on any atom is -0.508 e. The summed E-state index contributed by atoms with van der Waals surface area (Å²) < 4.78 is 0. The lowest BCUT2D eigenvalue weighted by Crippen LogP contribution is -2.58. The first-order chi connectivity index (χ1) is 22.3.